The zero-order valence-electron chi connectivity index (χ0n) is 8.11. The molecule has 0 unspecified atom stereocenters. The lowest BCUT2D eigenvalue weighted by Crippen LogP contribution is -1.77. The molecule has 2 heteroatoms. The van der Waals surface area contributed by atoms with Crippen molar-refractivity contribution in [2.45, 2.75) is 26.2 Å². The molecular formula is C12H12BrCl. The number of rotatable bonds is 2. The number of halogens is 2. The van der Waals surface area contributed by atoms with Crippen LogP contribution in [0.15, 0.2) is 22.7 Å². The van der Waals surface area contributed by atoms with E-state index in [0.717, 1.165) is 22.9 Å². The van der Waals surface area contributed by atoms with Crippen LogP contribution in [0.1, 0.15) is 31.7 Å². The van der Waals surface area contributed by atoms with E-state index < -0.39 is 0 Å². The van der Waals surface area contributed by atoms with E-state index in [0.29, 0.717) is 5.02 Å². The van der Waals surface area contributed by atoms with Crippen LogP contribution in [0.3, 0.4) is 0 Å². The van der Waals surface area contributed by atoms with Crippen LogP contribution in [0.25, 0.3) is 0 Å². The van der Waals surface area contributed by atoms with Gasteiger partial charge >= 0.3 is 0 Å². The molecule has 1 rings (SSSR count). The standard InChI is InChI=1S/C12H12BrCl/c1-2-3-4-5-6-10-7-8-11(13)9-12(10)14/h7-9H,2-4H2,1H3. The molecule has 0 N–H and O–H groups in total. The zero-order chi connectivity index (χ0) is 10.4. The van der Waals surface area contributed by atoms with E-state index in [2.05, 4.69) is 34.7 Å². The lowest BCUT2D eigenvalue weighted by Gasteiger charge is -1.95. The Morgan fingerprint density at radius 3 is 2.86 bits per heavy atom. The second-order valence-corrected chi connectivity index (χ2v) is 4.35. The Morgan fingerprint density at radius 2 is 2.21 bits per heavy atom. The van der Waals surface area contributed by atoms with Gasteiger partial charge in [-0.3, -0.25) is 0 Å². The Morgan fingerprint density at radius 1 is 1.43 bits per heavy atom. The van der Waals surface area contributed by atoms with Crippen LogP contribution in [0.5, 0.6) is 0 Å². The maximum absolute atomic E-state index is 6.01. The van der Waals surface area contributed by atoms with Crippen LogP contribution >= 0.6 is 27.5 Å². The number of unbranched alkanes of at least 4 members (excludes halogenated alkanes) is 2. The average molecular weight is 272 g/mol. The summed E-state index contributed by atoms with van der Waals surface area (Å²) in [4.78, 5) is 0. The van der Waals surface area contributed by atoms with Crippen molar-refractivity contribution in [2.24, 2.45) is 0 Å². The third-order valence-corrected chi connectivity index (χ3v) is 2.62. The summed E-state index contributed by atoms with van der Waals surface area (Å²) in [6.07, 6.45) is 3.28. The molecule has 0 radical (unpaired) electrons. The predicted molar refractivity (Wildman–Crippen MR) is 65.6 cm³/mol. The van der Waals surface area contributed by atoms with E-state index in [-0.39, 0.29) is 0 Å². The van der Waals surface area contributed by atoms with Gasteiger partial charge in [-0.05, 0) is 24.6 Å². The van der Waals surface area contributed by atoms with E-state index >= 15 is 0 Å². The molecule has 0 aromatic heterocycles. The summed E-state index contributed by atoms with van der Waals surface area (Å²) in [5.74, 6) is 6.19. The Kier molecular flexibility index (Phi) is 5.07. The van der Waals surface area contributed by atoms with Crippen LogP contribution < -0.4 is 0 Å². The lowest BCUT2D eigenvalue weighted by molar-refractivity contribution is 0.828. The summed E-state index contributed by atoms with van der Waals surface area (Å²) >= 11 is 9.37. The van der Waals surface area contributed by atoms with Crippen molar-refractivity contribution >= 4 is 27.5 Å². The van der Waals surface area contributed by atoms with Crippen LogP contribution in [0.4, 0.5) is 0 Å². The fourth-order valence-electron chi connectivity index (χ4n) is 1.01. The van der Waals surface area contributed by atoms with E-state index in [1.54, 1.807) is 0 Å². The van der Waals surface area contributed by atoms with Crippen LogP contribution in [-0.4, -0.2) is 0 Å². The van der Waals surface area contributed by atoms with E-state index in [4.69, 9.17) is 11.6 Å². The summed E-state index contributed by atoms with van der Waals surface area (Å²) in [6.45, 7) is 2.16. The van der Waals surface area contributed by atoms with E-state index in [1.807, 2.05) is 18.2 Å². The van der Waals surface area contributed by atoms with Gasteiger partial charge in [0.05, 0.1) is 5.02 Å². The Labute approximate surface area is 98.8 Å². The molecule has 0 atom stereocenters. The first kappa shape index (κ1) is 11.6. The number of benzene rings is 1. The van der Waals surface area contributed by atoms with Gasteiger partial charge in [0, 0.05) is 16.5 Å². The summed E-state index contributed by atoms with van der Waals surface area (Å²) in [6, 6.07) is 5.76. The minimum absolute atomic E-state index is 0.711. The molecule has 74 valence electrons. The molecular weight excluding hydrogens is 259 g/mol. The summed E-state index contributed by atoms with van der Waals surface area (Å²) in [7, 11) is 0. The van der Waals surface area contributed by atoms with Crippen molar-refractivity contribution in [3.05, 3.63) is 33.3 Å². The van der Waals surface area contributed by atoms with Crippen LogP contribution in [0, 0.1) is 11.8 Å². The van der Waals surface area contributed by atoms with Gasteiger partial charge in [0.15, 0.2) is 0 Å². The molecule has 0 aliphatic rings. The van der Waals surface area contributed by atoms with Gasteiger partial charge in [-0.2, -0.15) is 0 Å². The summed E-state index contributed by atoms with van der Waals surface area (Å²) < 4.78 is 0.988. The molecule has 0 bridgehead atoms. The van der Waals surface area contributed by atoms with Gasteiger partial charge < -0.3 is 0 Å². The molecule has 0 nitrogen and oxygen atoms in total. The van der Waals surface area contributed by atoms with Gasteiger partial charge in [0.25, 0.3) is 0 Å². The predicted octanol–water partition coefficient (Wildman–Crippen LogP) is 4.64. The summed E-state index contributed by atoms with van der Waals surface area (Å²) in [5.41, 5.74) is 0.908. The van der Waals surface area contributed by atoms with Gasteiger partial charge in [0.1, 0.15) is 0 Å². The second kappa shape index (κ2) is 6.11. The van der Waals surface area contributed by atoms with Crippen molar-refractivity contribution in [2.75, 3.05) is 0 Å². The largest absolute Gasteiger partial charge is 0.0978 e. The summed E-state index contributed by atoms with van der Waals surface area (Å²) in [5, 5.41) is 0.711. The Bertz CT molecular complexity index is 360. The molecule has 0 saturated heterocycles. The highest BCUT2D eigenvalue weighted by Crippen LogP contribution is 2.20. The maximum Gasteiger partial charge on any atom is 0.0573 e. The van der Waals surface area contributed by atoms with Crippen LogP contribution in [-0.2, 0) is 0 Å². The Hall–Kier alpha value is -0.450. The van der Waals surface area contributed by atoms with Gasteiger partial charge in [-0.25, -0.2) is 0 Å². The topological polar surface area (TPSA) is 0 Å². The highest BCUT2D eigenvalue weighted by atomic mass is 79.9. The minimum atomic E-state index is 0.711. The first-order valence-corrected chi connectivity index (χ1v) is 5.85. The molecule has 0 spiro atoms. The first-order valence-electron chi connectivity index (χ1n) is 4.68. The highest BCUT2D eigenvalue weighted by Gasteiger charge is 1.96. The molecule has 0 saturated carbocycles. The number of hydrogen-bond donors (Lipinski definition) is 0. The molecule has 0 fully saturated rings. The minimum Gasteiger partial charge on any atom is -0.0978 e. The smallest absolute Gasteiger partial charge is 0.0573 e. The van der Waals surface area contributed by atoms with Gasteiger partial charge in [-0.15, -0.1) is 0 Å². The third-order valence-electron chi connectivity index (χ3n) is 1.81. The van der Waals surface area contributed by atoms with Crippen molar-refractivity contribution in [1.29, 1.82) is 0 Å². The molecule has 0 amide bonds. The average Bonchev–Trinajstić information content (AvgIpc) is 2.15. The molecule has 0 aliphatic carbocycles. The highest BCUT2D eigenvalue weighted by molar-refractivity contribution is 9.10. The zero-order valence-corrected chi connectivity index (χ0v) is 10.5. The van der Waals surface area contributed by atoms with Crippen molar-refractivity contribution in [1.82, 2.24) is 0 Å². The third kappa shape index (κ3) is 3.74. The van der Waals surface area contributed by atoms with Gasteiger partial charge in [0.2, 0.25) is 0 Å². The molecule has 14 heavy (non-hydrogen) atoms. The molecule has 1 aromatic rings. The molecule has 0 aliphatic heterocycles. The van der Waals surface area contributed by atoms with Crippen molar-refractivity contribution in [3.8, 4) is 11.8 Å². The quantitative estimate of drug-likeness (QED) is 0.543. The Balaban J connectivity index is 2.70. The van der Waals surface area contributed by atoms with E-state index in [9.17, 15) is 0 Å². The maximum atomic E-state index is 6.01. The SMILES string of the molecule is CCCCC#Cc1ccc(Br)cc1Cl. The molecule has 0 heterocycles. The fourth-order valence-corrected chi connectivity index (χ4v) is 1.73. The number of hydrogen-bond acceptors (Lipinski definition) is 0. The van der Waals surface area contributed by atoms with Crippen LogP contribution in [0.2, 0.25) is 5.02 Å². The first-order chi connectivity index (χ1) is 6.74. The van der Waals surface area contributed by atoms with Crippen molar-refractivity contribution < 1.29 is 0 Å². The van der Waals surface area contributed by atoms with Gasteiger partial charge in [-0.1, -0.05) is 52.7 Å². The van der Waals surface area contributed by atoms with E-state index in [1.165, 1.54) is 6.42 Å². The molecule has 1 aromatic carbocycles. The monoisotopic (exact) mass is 270 g/mol. The fraction of sp³-hybridized carbons (Fsp3) is 0.333. The second-order valence-electron chi connectivity index (χ2n) is 3.03. The normalized spacial score (nSPS) is 9.36. The van der Waals surface area contributed by atoms with Crippen molar-refractivity contribution in [3.63, 3.8) is 0 Å². The lowest BCUT2D eigenvalue weighted by atomic mass is 10.2.